The van der Waals surface area contributed by atoms with Crippen LogP contribution >= 0.6 is 39.1 Å². The lowest BCUT2D eigenvalue weighted by Crippen LogP contribution is -2.15. The van der Waals surface area contributed by atoms with Gasteiger partial charge in [-0.05, 0) is 46.3 Å². The van der Waals surface area contributed by atoms with Gasteiger partial charge < -0.3 is 5.73 Å². The molecule has 0 spiro atoms. The maximum Gasteiger partial charge on any atom is 0.264 e. The van der Waals surface area contributed by atoms with Crippen LogP contribution in [0.3, 0.4) is 0 Å². The van der Waals surface area contributed by atoms with Gasteiger partial charge in [0.1, 0.15) is 4.90 Å². The molecule has 2 aromatic carbocycles. The Labute approximate surface area is 135 Å². The van der Waals surface area contributed by atoms with Crippen molar-refractivity contribution in [3.63, 3.8) is 0 Å². The van der Waals surface area contributed by atoms with E-state index in [2.05, 4.69) is 20.7 Å². The zero-order chi connectivity index (χ0) is 14.9. The zero-order valence-corrected chi connectivity index (χ0v) is 13.8. The van der Waals surface area contributed by atoms with Crippen molar-refractivity contribution in [1.29, 1.82) is 0 Å². The summed E-state index contributed by atoms with van der Waals surface area (Å²) in [6, 6.07) is 9.09. The van der Waals surface area contributed by atoms with Crippen molar-refractivity contribution in [2.24, 2.45) is 0 Å². The minimum absolute atomic E-state index is 0.0862. The third-order valence-electron chi connectivity index (χ3n) is 2.46. The largest absolute Gasteiger partial charge is 0.398 e. The van der Waals surface area contributed by atoms with Crippen LogP contribution in [0.2, 0.25) is 10.0 Å². The molecule has 0 bridgehead atoms. The molecule has 20 heavy (non-hydrogen) atoms. The highest BCUT2D eigenvalue weighted by Crippen LogP contribution is 2.32. The van der Waals surface area contributed by atoms with Crippen LogP contribution in [-0.2, 0) is 10.0 Å². The van der Waals surface area contributed by atoms with Crippen LogP contribution < -0.4 is 10.5 Å². The van der Waals surface area contributed by atoms with Gasteiger partial charge in [-0.15, -0.1) is 0 Å². The van der Waals surface area contributed by atoms with Crippen molar-refractivity contribution >= 4 is 60.5 Å². The molecule has 0 aliphatic heterocycles. The Morgan fingerprint density at radius 2 is 1.85 bits per heavy atom. The zero-order valence-electron chi connectivity index (χ0n) is 9.90. The number of sulfonamides is 1. The molecule has 0 aliphatic rings. The SMILES string of the molecule is Nc1ccc(Cl)cc1S(=O)(=O)Nc1cccc(Cl)c1Br. The number of rotatable bonds is 3. The molecule has 0 atom stereocenters. The van der Waals surface area contributed by atoms with E-state index in [0.717, 1.165) is 0 Å². The van der Waals surface area contributed by atoms with E-state index >= 15 is 0 Å². The van der Waals surface area contributed by atoms with Gasteiger partial charge >= 0.3 is 0 Å². The van der Waals surface area contributed by atoms with Gasteiger partial charge in [-0.25, -0.2) is 8.42 Å². The van der Waals surface area contributed by atoms with Crippen LogP contribution in [0, 0.1) is 0 Å². The molecule has 0 aromatic heterocycles. The highest BCUT2D eigenvalue weighted by atomic mass is 79.9. The Morgan fingerprint density at radius 3 is 2.55 bits per heavy atom. The van der Waals surface area contributed by atoms with Gasteiger partial charge in [0.2, 0.25) is 0 Å². The lowest BCUT2D eigenvalue weighted by Gasteiger charge is -2.12. The monoisotopic (exact) mass is 394 g/mol. The summed E-state index contributed by atoms with van der Waals surface area (Å²) in [5.41, 5.74) is 6.11. The predicted octanol–water partition coefficient (Wildman–Crippen LogP) is 4.14. The fraction of sp³-hybridized carbons (Fsp3) is 0. The van der Waals surface area contributed by atoms with Gasteiger partial charge in [0.05, 0.1) is 20.9 Å². The van der Waals surface area contributed by atoms with E-state index in [9.17, 15) is 8.42 Å². The van der Waals surface area contributed by atoms with Crippen LogP contribution in [0.15, 0.2) is 45.8 Å². The van der Waals surface area contributed by atoms with E-state index in [1.54, 1.807) is 18.2 Å². The van der Waals surface area contributed by atoms with E-state index in [0.29, 0.717) is 15.2 Å². The van der Waals surface area contributed by atoms with E-state index < -0.39 is 10.0 Å². The molecular weight excluding hydrogens is 387 g/mol. The van der Waals surface area contributed by atoms with Crippen LogP contribution in [0.25, 0.3) is 0 Å². The number of nitrogen functional groups attached to an aromatic ring is 1. The second-order valence-electron chi connectivity index (χ2n) is 3.89. The molecule has 0 amide bonds. The van der Waals surface area contributed by atoms with E-state index in [4.69, 9.17) is 28.9 Å². The summed E-state index contributed by atoms with van der Waals surface area (Å²) in [6.07, 6.45) is 0. The third-order valence-corrected chi connectivity index (χ3v) is 5.51. The maximum atomic E-state index is 12.3. The Bertz CT molecular complexity index is 766. The first-order chi connectivity index (χ1) is 9.31. The van der Waals surface area contributed by atoms with Gasteiger partial charge in [0, 0.05) is 5.02 Å². The molecule has 0 saturated carbocycles. The molecule has 0 radical (unpaired) electrons. The summed E-state index contributed by atoms with van der Waals surface area (Å²) >= 11 is 14.9. The molecule has 4 nitrogen and oxygen atoms in total. The Hall–Kier alpha value is -0.950. The van der Waals surface area contributed by atoms with Crippen LogP contribution in [0.4, 0.5) is 11.4 Å². The third kappa shape index (κ3) is 3.20. The second kappa shape index (κ2) is 5.81. The topological polar surface area (TPSA) is 72.2 Å². The maximum absolute atomic E-state index is 12.3. The Morgan fingerprint density at radius 1 is 1.15 bits per heavy atom. The molecule has 0 saturated heterocycles. The Kier molecular flexibility index (Phi) is 4.49. The van der Waals surface area contributed by atoms with Crippen molar-refractivity contribution in [3.05, 3.63) is 50.9 Å². The summed E-state index contributed by atoms with van der Waals surface area (Å²) < 4.78 is 27.5. The molecule has 106 valence electrons. The normalized spacial score (nSPS) is 11.3. The minimum Gasteiger partial charge on any atom is -0.398 e. The molecule has 0 heterocycles. The summed E-state index contributed by atoms with van der Waals surface area (Å²) in [7, 11) is -3.85. The number of nitrogens with two attached hydrogens (primary N) is 1. The number of benzene rings is 2. The van der Waals surface area contributed by atoms with E-state index in [-0.39, 0.29) is 15.6 Å². The second-order valence-corrected chi connectivity index (χ2v) is 7.18. The van der Waals surface area contributed by atoms with Gasteiger partial charge in [0.15, 0.2) is 0 Å². The van der Waals surface area contributed by atoms with Crippen LogP contribution in [0.1, 0.15) is 0 Å². The molecule has 0 unspecified atom stereocenters. The molecule has 0 aliphatic carbocycles. The summed E-state index contributed by atoms with van der Waals surface area (Å²) in [4.78, 5) is -0.0862. The van der Waals surface area contributed by atoms with Crippen molar-refractivity contribution in [1.82, 2.24) is 0 Å². The summed E-state index contributed by atoms with van der Waals surface area (Å²) in [6.45, 7) is 0. The fourth-order valence-electron chi connectivity index (χ4n) is 1.52. The number of halogens is 3. The lowest BCUT2D eigenvalue weighted by molar-refractivity contribution is 0.601. The minimum atomic E-state index is -3.85. The Balaban J connectivity index is 2.46. The number of anilines is 2. The van der Waals surface area contributed by atoms with E-state index in [1.165, 1.54) is 18.2 Å². The highest BCUT2D eigenvalue weighted by molar-refractivity contribution is 9.10. The van der Waals surface area contributed by atoms with Crippen molar-refractivity contribution in [2.45, 2.75) is 4.90 Å². The van der Waals surface area contributed by atoms with Gasteiger partial charge in [0.25, 0.3) is 10.0 Å². The van der Waals surface area contributed by atoms with Gasteiger partial charge in [-0.2, -0.15) is 0 Å². The summed E-state index contributed by atoms with van der Waals surface area (Å²) in [5, 5.41) is 0.675. The molecule has 8 heteroatoms. The lowest BCUT2D eigenvalue weighted by atomic mass is 10.3. The average molecular weight is 396 g/mol. The van der Waals surface area contributed by atoms with Crippen LogP contribution in [-0.4, -0.2) is 8.42 Å². The first-order valence-electron chi connectivity index (χ1n) is 5.33. The summed E-state index contributed by atoms with van der Waals surface area (Å²) in [5.74, 6) is 0. The van der Waals surface area contributed by atoms with Crippen molar-refractivity contribution in [2.75, 3.05) is 10.5 Å². The predicted molar refractivity (Wildman–Crippen MR) is 85.8 cm³/mol. The molecular formula is C12H9BrCl2N2O2S. The first-order valence-corrected chi connectivity index (χ1v) is 8.36. The highest BCUT2D eigenvalue weighted by Gasteiger charge is 2.19. The molecule has 3 N–H and O–H groups in total. The number of hydrogen-bond donors (Lipinski definition) is 2. The van der Waals surface area contributed by atoms with Crippen molar-refractivity contribution in [3.8, 4) is 0 Å². The number of nitrogens with one attached hydrogen (secondary N) is 1. The van der Waals surface area contributed by atoms with Crippen molar-refractivity contribution < 1.29 is 8.42 Å². The molecule has 2 rings (SSSR count). The smallest absolute Gasteiger partial charge is 0.264 e. The standard InChI is InChI=1S/C12H9BrCl2N2O2S/c13-12-8(15)2-1-3-10(12)17-20(18,19)11-6-7(14)4-5-9(11)16/h1-6,17H,16H2. The van der Waals surface area contributed by atoms with Gasteiger partial charge in [-0.3, -0.25) is 4.72 Å². The first kappa shape index (κ1) is 15.4. The fourth-order valence-corrected chi connectivity index (χ4v) is 3.66. The molecule has 2 aromatic rings. The number of hydrogen-bond acceptors (Lipinski definition) is 3. The van der Waals surface area contributed by atoms with E-state index in [1.807, 2.05) is 0 Å². The average Bonchev–Trinajstić information content (AvgIpc) is 2.37. The van der Waals surface area contributed by atoms with Gasteiger partial charge in [-0.1, -0.05) is 29.3 Å². The quantitative estimate of drug-likeness (QED) is 0.767. The van der Waals surface area contributed by atoms with Crippen LogP contribution in [0.5, 0.6) is 0 Å². The molecule has 0 fully saturated rings.